The van der Waals surface area contributed by atoms with Crippen LogP contribution in [0, 0.1) is 11.8 Å². The summed E-state index contributed by atoms with van der Waals surface area (Å²) < 4.78 is 49.4. The van der Waals surface area contributed by atoms with Gasteiger partial charge in [0.05, 0.1) is 17.2 Å². The lowest BCUT2D eigenvalue weighted by molar-refractivity contribution is 0.581. The van der Waals surface area contributed by atoms with Crippen molar-refractivity contribution in [1.82, 2.24) is 4.72 Å². The lowest BCUT2D eigenvalue weighted by atomic mass is 10.2. The molecule has 0 saturated heterocycles. The summed E-state index contributed by atoms with van der Waals surface area (Å²) >= 11 is 0. The van der Waals surface area contributed by atoms with Crippen molar-refractivity contribution in [3.8, 4) is 11.8 Å². The Bertz CT molecular complexity index is 744. The number of sulfonamides is 1. The lowest BCUT2D eigenvalue weighted by Gasteiger charge is -2.08. The van der Waals surface area contributed by atoms with Crippen LogP contribution in [0.1, 0.15) is 12.5 Å². The molecule has 0 aromatic heterocycles. The molecule has 0 aliphatic rings. The maximum atomic E-state index is 12.2. The van der Waals surface area contributed by atoms with E-state index in [1.54, 1.807) is 18.2 Å². The first-order valence-electron chi connectivity index (χ1n) is 6.30. The van der Waals surface area contributed by atoms with Gasteiger partial charge in [-0.2, -0.15) is 0 Å². The maximum absolute atomic E-state index is 12.2. The molecule has 8 heteroatoms. The largest absolute Gasteiger partial charge is 0.320 e. The molecule has 0 radical (unpaired) electrons. The highest BCUT2D eigenvalue weighted by Gasteiger charge is 2.18. The fourth-order valence-electron chi connectivity index (χ4n) is 1.50. The van der Waals surface area contributed by atoms with Crippen LogP contribution in [0.25, 0.3) is 0 Å². The molecule has 1 aromatic carbocycles. The Hall–Kier alpha value is -1.40. The Kier molecular flexibility index (Phi) is 6.36. The second kappa shape index (κ2) is 7.56. The first-order valence-corrected chi connectivity index (χ1v) is 9.61. The zero-order valence-corrected chi connectivity index (χ0v) is 13.3. The molecule has 3 N–H and O–H groups in total. The first-order chi connectivity index (χ1) is 9.82. The van der Waals surface area contributed by atoms with Crippen LogP contribution in [0.2, 0.25) is 0 Å². The summed E-state index contributed by atoms with van der Waals surface area (Å²) in [5, 5.41) is 0. The van der Waals surface area contributed by atoms with Crippen LogP contribution in [0.4, 0.5) is 0 Å². The van der Waals surface area contributed by atoms with E-state index in [1.807, 2.05) is 0 Å². The summed E-state index contributed by atoms with van der Waals surface area (Å²) in [6, 6.07) is 6.23. The molecule has 1 rings (SSSR count). The molecule has 0 heterocycles. The third-order valence-electron chi connectivity index (χ3n) is 2.65. The molecular weight excluding hydrogens is 312 g/mol. The van der Waals surface area contributed by atoms with Crippen molar-refractivity contribution in [3.63, 3.8) is 0 Å². The van der Waals surface area contributed by atoms with Gasteiger partial charge in [-0.15, -0.1) is 0 Å². The lowest BCUT2D eigenvalue weighted by Crippen LogP contribution is -2.30. The van der Waals surface area contributed by atoms with E-state index in [-0.39, 0.29) is 29.5 Å². The van der Waals surface area contributed by atoms with Gasteiger partial charge in [-0.3, -0.25) is 0 Å². The highest BCUT2D eigenvalue weighted by Crippen LogP contribution is 2.13. The molecule has 6 nitrogen and oxygen atoms in total. The van der Waals surface area contributed by atoms with Crippen molar-refractivity contribution in [2.24, 2.45) is 5.73 Å². The Balaban J connectivity index is 2.94. The number of hydrogen-bond donors (Lipinski definition) is 2. The quantitative estimate of drug-likeness (QED) is 0.697. The molecule has 0 fully saturated rings. The third kappa shape index (κ3) is 5.47. The highest BCUT2D eigenvalue weighted by atomic mass is 32.2. The molecule has 0 bridgehead atoms. The van der Waals surface area contributed by atoms with E-state index < -0.39 is 19.9 Å². The van der Waals surface area contributed by atoms with E-state index in [2.05, 4.69) is 16.6 Å². The molecule has 0 unspecified atom stereocenters. The van der Waals surface area contributed by atoms with E-state index in [9.17, 15) is 16.8 Å². The topological polar surface area (TPSA) is 106 Å². The fraction of sp³-hybridized carbons (Fsp3) is 0.385. The minimum Gasteiger partial charge on any atom is -0.320 e. The van der Waals surface area contributed by atoms with Gasteiger partial charge in [0, 0.05) is 17.9 Å². The van der Waals surface area contributed by atoms with E-state index in [0.29, 0.717) is 5.56 Å². The van der Waals surface area contributed by atoms with Crippen LogP contribution < -0.4 is 10.5 Å². The number of nitrogens with one attached hydrogen (secondary N) is 1. The van der Waals surface area contributed by atoms with Gasteiger partial charge in [-0.1, -0.05) is 30.9 Å². The van der Waals surface area contributed by atoms with E-state index >= 15 is 0 Å². The second-order valence-electron chi connectivity index (χ2n) is 4.14. The van der Waals surface area contributed by atoms with E-state index in [1.165, 1.54) is 13.0 Å². The highest BCUT2D eigenvalue weighted by molar-refractivity contribution is 7.91. The molecular formula is C13H18N2O4S2. The van der Waals surface area contributed by atoms with Crippen LogP contribution >= 0.6 is 0 Å². The van der Waals surface area contributed by atoms with Crippen LogP contribution in [-0.4, -0.2) is 41.4 Å². The molecule has 0 saturated carbocycles. The molecule has 1 aromatic rings. The minimum absolute atomic E-state index is 0.0137. The van der Waals surface area contributed by atoms with Crippen molar-refractivity contribution < 1.29 is 16.8 Å². The standard InChI is InChI=1S/C13H18N2O4S2/c1-2-20(16,17)11-10-15-21(18,19)13-8-4-3-6-12(13)7-5-9-14/h3-4,6,8,15H,2,9-11,14H2,1H3. The van der Waals surface area contributed by atoms with Crippen LogP contribution in [0.5, 0.6) is 0 Å². The van der Waals surface area contributed by atoms with Crippen LogP contribution in [0.3, 0.4) is 0 Å². The average Bonchev–Trinajstić information content (AvgIpc) is 2.45. The molecule has 0 aliphatic carbocycles. The number of hydrogen-bond acceptors (Lipinski definition) is 5. The fourth-order valence-corrected chi connectivity index (χ4v) is 3.53. The normalized spacial score (nSPS) is 11.7. The summed E-state index contributed by atoms with van der Waals surface area (Å²) in [6.07, 6.45) is 0. The Morgan fingerprint density at radius 2 is 1.86 bits per heavy atom. The van der Waals surface area contributed by atoms with Crippen molar-refractivity contribution in [2.45, 2.75) is 11.8 Å². The minimum atomic E-state index is -3.81. The number of nitrogens with two attached hydrogens (primary N) is 1. The number of benzene rings is 1. The molecule has 21 heavy (non-hydrogen) atoms. The SMILES string of the molecule is CCS(=O)(=O)CCNS(=O)(=O)c1ccccc1C#CCN. The maximum Gasteiger partial charge on any atom is 0.241 e. The Morgan fingerprint density at radius 1 is 1.19 bits per heavy atom. The predicted molar refractivity (Wildman–Crippen MR) is 81.9 cm³/mol. The van der Waals surface area contributed by atoms with Crippen molar-refractivity contribution in [2.75, 3.05) is 24.6 Å². The smallest absolute Gasteiger partial charge is 0.241 e. The monoisotopic (exact) mass is 330 g/mol. The van der Waals surface area contributed by atoms with Gasteiger partial charge in [0.15, 0.2) is 9.84 Å². The van der Waals surface area contributed by atoms with Gasteiger partial charge in [0.1, 0.15) is 0 Å². The summed E-state index contributed by atoms with van der Waals surface area (Å²) in [7, 11) is -7.03. The first kappa shape index (κ1) is 17.7. The van der Waals surface area contributed by atoms with E-state index in [4.69, 9.17) is 5.73 Å². The van der Waals surface area contributed by atoms with Gasteiger partial charge in [-0.25, -0.2) is 21.6 Å². The second-order valence-corrected chi connectivity index (χ2v) is 8.34. The molecule has 0 spiro atoms. The molecule has 0 amide bonds. The number of rotatable bonds is 6. The van der Waals surface area contributed by atoms with Crippen LogP contribution in [0.15, 0.2) is 29.2 Å². The summed E-state index contributed by atoms with van der Waals surface area (Å²) in [5.74, 6) is 5.02. The van der Waals surface area contributed by atoms with Gasteiger partial charge in [-0.05, 0) is 12.1 Å². The summed E-state index contributed by atoms with van der Waals surface area (Å²) in [5.41, 5.74) is 5.60. The summed E-state index contributed by atoms with van der Waals surface area (Å²) in [4.78, 5) is 0.0137. The Labute approximate surface area is 125 Å². The molecule has 116 valence electrons. The zero-order valence-electron chi connectivity index (χ0n) is 11.7. The average molecular weight is 330 g/mol. The zero-order chi connectivity index (χ0) is 15.9. The molecule has 0 aliphatic heterocycles. The summed E-state index contributed by atoms with van der Waals surface area (Å²) in [6.45, 7) is 1.47. The van der Waals surface area contributed by atoms with Gasteiger partial charge in [0.25, 0.3) is 0 Å². The third-order valence-corrected chi connectivity index (χ3v) is 5.87. The van der Waals surface area contributed by atoms with Crippen molar-refractivity contribution >= 4 is 19.9 Å². The van der Waals surface area contributed by atoms with Crippen molar-refractivity contribution in [3.05, 3.63) is 29.8 Å². The van der Waals surface area contributed by atoms with E-state index in [0.717, 1.165) is 0 Å². The van der Waals surface area contributed by atoms with Crippen molar-refractivity contribution in [1.29, 1.82) is 0 Å². The Morgan fingerprint density at radius 3 is 2.48 bits per heavy atom. The van der Waals surface area contributed by atoms with Crippen LogP contribution in [-0.2, 0) is 19.9 Å². The number of sulfone groups is 1. The predicted octanol–water partition coefficient (Wildman–Crippen LogP) is -0.290. The molecule has 0 atom stereocenters. The van der Waals surface area contributed by atoms with Gasteiger partial charge < -0.3 is 5.73 Å². The van der Waals surface area contributed by atoms with Gasteiger partial charge in [0.2, 0.25) is 10.0 Å². The van der Waals surface area contributed by atoms with Gasteiger partial charge >= 0.3 is 0 Å².